The maximum absolute atomic E-state index is 13.3. The number of ketones is 1. The number of benzene rings is 1. The smallest absolute Gasteiger partial charge is 0.296 e. The van der Waals surface area contributed by atoms with Gasteiger partial charge >= 0.3 is 0 Å². The number of carbonyl (C=O) groups is 2. The molecule has 2 heterocycles. The molecule has 1 N–H and O–H groups in total. The molecule has 6 nitrogen and oxygen atoms in total. The highest BCUT2D eigenvalue weighted by Crippen LogP contribution is 2.31. The number of rotatable bonds is 6. The van der Waals surface area contributed by atoms with E-state index in [2.05, 4.69) is 14.9 Å². The summed E-state index contributed by atoms with van der Waals surface area (Å²) in [6, 6.07) is 11.0. The molecule has 7 heteroatoms. The normalized spacial score (nSPS) is 13.2. The van der Waals surface area contributed by atoms with Crippen LogP contribution < -0.4 is 10.1 Å². The van der Waals surface area contributed by atoms with Crippen molar-refractivity contribution in [2.24, 2.45) is 0 Å². The molecular weight excluding hydrogens is 426 g/mol. The molecule has 0 spiro atoms. The summed E-state index contributed by atoms with van der Waals surface area (Å²) in [7, 11) is 1.50. The van der Waals surface area contributed by atoms with Crippen molar-refractivity contribution in [3.63, 3.8) is 0 Å². The van der Waals surface area contributed by atoms with Crippen molar-refractivity contribution in [3.05, 3.63) is 75.7 Å². The Labute approximate surface area is 192 Å². The molecule has 0 atom stereocenters. The van der Waals surface area contributed by atoms with Gasteiger partial charge < -0.3 is 14.6 Å². The Morgan fingerprint density at radius 2 is 1.88 bits per heavy atom. The second-order valence-electron chi connectivity index (χ2n) is 8.03. The average Bonchev–Trinajstić information content (AvgIpc) is 2.94. The lowest BCUT2D eigenvalue weighted by molar-refractivity contribution is -0.112. The summed E-state index contributed by atoms with van der Waals surface area (Å²) in [5.41, 5.74) is 5.12. The van der Waals surface area contributed by atoms with Gasteiger partial charge in [0.05, 0.1) is 12.7 Å². The summed E-state index contributed by atoms with van der Waals surface area (Å²) in [6.45, 7) is 2.57. The van der Waals surface area contributed by atoms with Gasteiger partial charge in [-0.1, -0.05) is 30.2 Å². The van der Waals surface area contributed by atoms with Gasteiger partial charge in [0.1, 0.15) is 0 Å². The zero-order valence-corrected chi connectivity index (χ0v) is 19.0. The number of pyridine rings is 1. The molecule has 0 bridgehead atoms. The highest BCUT2D eigenvalue weighted by Gasteiger charge is 2.29. The van der Waals surface area contributed by atoms with E-state index < -0.39 is 11.7 Å². The molecule has 0 saturated heterocycles. The van der Waals surface area contributed by atoms with Crippen LogP contribution in [0.1, 0.15) is 52.1 Å². The Hall–Kier alpha value is -3.12. The number of halogens is 1. The molecular formula is C25H26ClN3O3. The molecule has 1 amide bonds. The van der Waals surface area contributed by atoms with E-state index in [1.807, 2.05) is 31.2 Å². The van der Waals surface area contributed by atoms with Crippen LogP contribution in [0.15, 0.2) is 42.6 Å². The molecule has 0 radical (unpaired) electrons. The van der Waals surface area contributed by atoms with E-state index in [0.717, 1.165) is 54.6 Å². The van der Waals surface area contributed by atoms with E-state index in [-0.39, 0.29) is 0 Å². The summed E-state index contributed by atoms with van der Waals surface area (Å²) in [5.74, 6) is -0.794. The maximum Gasteiger partial charge on any atom is 0.296 e. The molecule has 2 aromatic heterocycles. The van der Waals surface area contributed by atoms with E-state index in [0.29, 0.717) is 28.7 Å². The number of hydrogen-bond donors (Lipinski definition) is 1. The molecule has 0 unspecified atom stereocenters. The van der Waals surface area contributed by atoms with Crippen molar-refractivity contribution >= 4 is 29.0 Å². The summed E-state index contributed by atoms with van der Waals surface area (Å²) in [5, 5.41) is 3.39. The van der Waals surface area contributed by atoms with Crippen LogP contribution in [0, 0.1) is 6.92 Å². The number of ether oxygens (including phenoxy) is 1. The quantitative estimate of drug-likeness (QED) is 0.325. The Bertz CT molecular complexity index is 1150. The van der Waals surface area contributed by atoms with Gasteiger partial charge in [-0.05, 0) is 61.9 Å². The first kappa shape index (κ1) is 22.1. The first-order valence-electron chi connectivity index (χ1n) is 10.8. The Kier molecular flexibility index (Phi) is 6.61. The van der Waals surface area contributed by atoms with Crippen molar-refractivity contribution < 1.29 is 14.3 Å². The summed E-state index contributed by atoms with van der Waals surface area (Å²) >= 11 is 6.04. The van der Waals surface area contributed by atoms with E-state index in [1.165, 1.54) is 13.3 Å². The van der Waals surface area contributed by atoms with Gasteiger partial charge in [-0.2, -0.15) is 0 Å². The minimum Gasteiger partial charge on any atom is -0.481 e. The second-order valence-corrected chi connectivity index (χ2v) is 8.47. The van der Waals surface area contributed by atoms with Crippen LogP contribution in [0.5, 0.6) is 5.88 Å². The van der Waals surface area contributed by atoms with E-state index in [1.54, 1.807) is 12.1 Å². The van der Waals surface area contributed by atoms with Gasteiger partial charge in [-0.3, -0.25) is 9.59 Å². The zero-order chi connectivity index (χ0) is 22.7. The van der Waals surface area contributed by atoms with Crippen LogP contribution in [-0.4, -0.2) is 28.4 Å². The van der Waals surface area contributed by atoms with Crippen molar-refractivity contribution in [2.45, 2.75) is 45.6 Å². The maximum atomic E-state index is 13.3. The molecule has 1 aliphatic rings. The number of carbonyl (C=O) groups excluding carboxylic acids is 2. The molecule has 4 rings (SSSR count). The van der Waals surface area contributed by atoms with Gasteiger partial charge in [0.25, 0.3) is 11.7 Å². The summed E-state index contributed by atoms with van der Waals surface area (Å²) < 4.78 is 7.29. The van der Waals surface area contributed by atoms with Crippen LogP contribution >= 0.6 is 11.6 Å². The number of amides is 1. The average molecular weight is 452 g/mol. The van der Waals surface area contributed by atoms with E-state index >= 15 is 0 Å². The molecule has 32 heavy (non-hydrogen) atoms. The number of fused-ring (bicyclic) bond motifs is 1. The third-order valence-corrected chi connectivity index (χ3v) is 6.22. The van der Waals surface area contributed by atoms with Crippen molar-refractivity contribution in [1.82, 2.24) is 9.55 Å². The molecule has 0 aliphatic heterocycles. The lowest BCUT2D eigenvalue weighted by atomic mass is 10.0. The van der Waals surface area contributed by atoms with Gasteiger partial charge in [-0.15, -0.1) is 0 Å². The third-order valence-electron chi connectivity index (χ3n) is 5.97. The summed E-state index contributed by atoms with van der Waals surface area (Å²) in [4.78, 5) is 30.3. The van der Waals surface area contributed by atoms with Crippen LogP contribution in [-0.2, 0) is 24.2 Å². The first-order valence-corrected chi connectivity index (χ1v) is 11.2. The van der Waals surface area contributed by atoms with Gasteiger partial charge in [0, 0.05) is 40.9 Å². The van der Waals surface area contributed by atoms with Crippen molar-refractivity contribution in [2.75, 3.05) is 12.4 Å². The predicted octanol–water partition coefficient (Wildman–Crippen LogP) is 4.99. The molecule has 166 valence electrons. The minimum absolute atomic E-state index is 0.370. The highest BCUT2D eigenvalue weighted by molar-refractivity contribution is 6.47. The number of nitrogens with one attached hydrogen (secondary N) is 1. The lowest BCUT2D eigenvalue weighted by Crippen LogP contribution is -2.24. The Morgan fingerprint density at radius 3 is 2.62 bits per heavy atom. The Balaban J connectivity index is 1.67. The fourth-order valence-corrected chi connectivity index (χ4v) is 4.50. The number of Topliss-reactive ketones (excluding diaryl/α,β-unsaturated/α-hetero) is 1. The SMILES string of the molecule is COc1cc(NC(=O)C(=O)c2c3c(n(Cc4ccc(Cl)cc4)c2C)CCCCC3)ccn1. The van der Waals surface area contributed by atoms with Gasteiger partial charge in [0.15, 0.2) is 0 Å². The van der Waals surface area contributed by atoms with Gasteiger partial charge in [0.2, 0.25) is 5.88 Å². The topological polar surface area (TPSA) is 73.2 Å². The molecule has 1 aromatic carbocycles. The minimum atomic E-state index is -0.656. The number of nitrogens with zero attached hydrogens (tertiary/aromatic N) is 2. The predicted molar refractivity (Wildman–Crippen MR) is 125 cm³/mol. The number of hydrogen-bond acceptors (Lipinski definition) is 4. The number of aromatic nitrogens is 2. The van der Waals surface area contributed by atoms with Crippen molar-refractivity contribution in [3.8, 4) is 5.88 Å². The highest BCUT2D eigenvalue weighted by atomic mass is 35.5. The fraction of sp³-hybridized carbons (Fsp3) is 0.320. The zero-order valence-electron chi connectivity index (χ0n) is 18.3. The molecule has 0 saturated carbocycles. The third kappa shape index (κ3) is 4.55. The van der Waals surface area contributed by atoms with Crippen molar-refractivity contribution in [1.29, 1.82) is 0 Å². The monoisotopic (exact) mass is 451 g/mol. The van der Waals surface area contributed by atoms with E-state index in [4.69, 9.17) is 16.3 Å². The van der Waals surface area contributed by atoms with Crippen LogP contribution in [0.3, 0.4) is 0 Å². The molecule has 1 aliphatic carbocycles. The Morgan fingerprint density at radius 1 is 1.12 bits per heavy atom. The standard InChI is InChI=1S/C25H26ClN3O3/c1-16-23(24(30)25(31)28-19-12-13-27-22(14-19)32-2)20-6-4-3-5-7-21(20)29(16)15-17-8-10-18(26)11-9-17/h8-14H,3-7,15H2,1-2H3,(H,27,28,31). The van der Waals surface area contributed by atoms with Crippen LogP contribution in [0.2, 0.25) is 5.02 Å². The fourth-order valence-electron chi connectivity index (χ4n) is 4.38. The first-order chi connectivity index (χ1) is 15.5. The lowest BCUT2D eigenvalue weighted by Gasteiger charge is -2.12. The second kappa shape index (κ2) is 9.57. The molecule has 0 fully saturated rings. The van der Waals surface area contributed by atoms with Crippen LogP contribution in [0.4, 0.5) is 5.69 Å². The molecule has 3 aromatic rings. The number of anilines is 1. The summed E-state index contributed by atoms with van der Waals surface area (Å²) in [6.07, 6.45) is 6.44. The van der Waals surface area contributed by atoms with Gasteiger partial charge in [-0.25, -0.2) is 4.98 Å². The van der Waals surface area contributed by atoms with Crippen LogP contribution in [0.25, 0.3) is 0 Å². The number of methoxy groups -OCH3 is 1. The largest absolute Gasteiger partial charge is 0.481 e. The van der Waals surface area contributed by atoms with E-state index in [9.17, 15) is 9.59 Å².